The molecule has 84 valence electrons. The summed E-state index contributed by atoms with van der Waals surface area (Å²) in [6.07, 6.45) is 0.647. The molecule has 1 saturated carbocycles. The van der Waals surface area contributed by atoms with Gasteiger partial charge >= 0.3 is 0 Å². The number of hydrogen-bond acceptors (Lipinski definition) is 4. The average Bonchev–Trinajstić information content (AvgIpc) is 2.93. The summed E-state index contributed by atoms with van der Waals surface area (Å²) < 4.78 is 26.2. The monoisotopic (exact) mass is 237 g/mol. The molecule has 5 nitrogen and oxygen atoms in total. The van der Waals surface area contributed by atoms with Crippen LogP contribution in [0.15, 0.2) is 29.2 Å². The molecule has 1 aliphatic rings. The van der Waals surface area contributed by atoms with Gasteiger partial charge in [0.1, 0.15) is 6.07 Å². The minimum atomic E-state index is -3.63. The summed E-state index contributed by atoms with van der Waals surface area (Å²) in [5.41, 5.74) is 5.67. The van der Waals surface area contributed by atoms with Crippen LogP contribution in [0.2, 0.25) is 0 Å². The SMILES string of the molecule is N#Cc1ccccc1S(=O)(=O)NC1CC1N. The Labute approximate surface area is 93.9 Å². The van der Waals surface area contributed by atoms with Crippen LogP contribution in [0.3, 0.4) is 0 Å². The number of nitriles is 1. The number of hydrogen-bond donors (Lipinski definition) is 2. The fraction of sp³-hybridized carbons (Fsp3) is 0.300. The van der Waals surface area contributed by atoms with E-state index in [-0.39, 0.29) is 22.5 Å². The Hall–Kier alpha value is -1.42. The minimum absolute atomic E-state index is 0.0107. The maximum absolute atomic E-state index is 11.9. The van der Waals surface area contributed by atoms with Gasteiger partial charge in [-0.25, -0.2) is 13.1 Å². The third-order valence-electron chi connectivity index (χ3n) is 2.44. The van der Waals surface area contributed by atoms with Crippen molar-refractivity contribution in [3.8, 4) is 6.07 Å². The van der Waals surface area contributed by atoms with E-state index >= 15 is 0 Å². The van der Waals surface area contributed by atoms with Gasteiger partial charge in [0.2, 0.25) is 10.0 Å². The zero-order chi connectivity index (χ0) is 11.8. The number of rotatable bonds is 3. The van der Waals surface area contributed by atoms with Crippen molar-refractivity contribution in [1.82, 2.24) is 4.72 Å². The van der Waals surface area contributed by atoms with Gasteiger partial charge in [0.15, 0.2) is 0 Å². The molecule has 3 N–H and O–H groups in total. The molecule has 0 radical (unpaired) electrons. The number of nitrogens with two attached hydrogens (primary N) is 1. The summed E-state index contributed by atoms with van der Waals surface area (Å²) in [5.74, 6) is 0. The van der Waals surface area contributed by atoms with Crippen LogP contribution in [0.4, 0.5) is 0 Å². The molecular formula is C10H11N3O2S. The number of sulfonamides is 1. The van der Waals surface area contributed by atoms with Crippen LogP contribution >= 0.6 is 0 Å². The van der Waals surface area contributed by atoms with E-state index in [1.807, 2.05) is 6.07 Å². The summed E-state index contributed by atoms with van der Waals surface area (Å²) in [6.45, 7) is 0. The Bertz CT molecular complexity index is 547. The van der Waals surface area contributed by atoms with Crippen molar-refractivity contribution in [3.63, 3.8) is 0 Å². The third-order valence-corrected chi connectivity index (χ3v) is 3.99. The molecule has 1 aromatic rings. The van der Waals surface area contributed by atoms with E-state index in [0.29, 0.717) is 6.42 Å². The topological polar surface area (TPSA) is 96.0 Å². The lowest BCUT2D eigenvalue weighted by atomic mass is 10.2. The first-order valence-electron chi connectivity index (χ1n) is 4.81. The predicted molar refractivity (Wildman–Crippen MR) is 57.9 cm³/mol. The van der Waals surface area contributed by atoms with E-state index in [4.69, 9.17) is 11.0 Å². The molecule has 0 heterocycles. The highest BCUT2D eigenvalue weighted by Gasteiger charge is 2.37. The molecule has 0 saturated heterocycles. The summed E-state index contributed by atoms with van der Waals surface area (Å²) in [7, 11) is -3.63. The van der Waals surface area contributed by atoms with Crippen molar-refractivity contribution >= 4 is 10.0 Å². The largest absolute Gasteiger partial charge is 0.326 e. The van der Waals surface area contributed by atoms with Crippen molar-refractivity contribution in [2.45, 2.75) is 23.4 Å². The zero-order valence-electron chi connectivity index (χ0n) is 8.42. The highest BCUT2D eigenvalue weighted by atomic mass is 32.2. The first kappa shape index (κ1) is 11.1. The van der Waals surface area contributed by atoms with Crippen LogP contribution in [-0.4, -0.2) is 20.5 Å². The Morgan fingerprint density at radius 1 is 1.44 bits per heavy atom. The highest BCUT2D eigenvalue weighted by molar-refractivity contribution is 7.89. The fourth-order valence-electron chi connectivity index (χ4n) is 1.41. The number of nitrogens with zero attached hydrogens (tertiary/aromatic N) is 1. The van der Waals surface area contributed by atoms with Gasteiger partial charge in [-0.1, -0.05) is 12.1 Å². The average molecular weight is 237 g/mol. The molecule has 0 aliphatic heterocycles. The second kappa shape index (κ2) is 3.87. The van der Waals surface area contributed by atoms with Gasteiger partial charge < -0.3 is 5.73 Å². The van der Waals surface area contributed by atoms with Crippen molar-refractivity contribution in [2.75, 3.05) is 0 Å². The standard InChI is InChI=1S/C10H11N3O2S/c11-6-7-3-1-2-4-10(7)16(14,15)13-9-5-8(9)12/h1-4,8-9,13H,5,12H2. The van der Waals surface area contributed by atoms with Crippen LogP contribution < -0.4 is 10.5 Å². The van der Waals surface area contributed by atoms with Gasteiger partial charge in [-0.3, -0.25) is 0 Å². The summed E-state index contributed by atoms with van der Waals surface area (Å²) in [6, 6.07) is 7.65. The van der Waals surface area contributed by atoms with Crippen molar-refractivity contribution in [3.05, 3.63) is 29.8 Å². The zero-order valence-corrected chi connectivity index (χ0v) is 9.24. The molecule has 16 heavy (non-hydrogen) atoms. The summed E-state index contributed by atoms with van der Waals surface area (Å²) in [4.78, 5) is 0.0107. The van der Waals surface area contributed by atoms with Crippen LogP contribution in [-0.2, 0) is 10.0 Å². The van der Waals surface area contributed by atoms with Gasteiger partial charge in [0.05, 0.1) is 10.5 Å². The van der Waals surface area contributed by atoms with Gasteiger partial charge in [0, 0.05) is 12.1 Å². The molecule has 1 fully saturated rings. The Morgan fingerprint density at radius 2 is 2.06 bits per heavy atom. The Morgan fingerprint density at radius 3 is 2.62 bits per heavy atom. The smallest absolute Gasteiger partial charge is 0.242 e. The summed E-state index contributed by atoms with van der Waals surface area (Å²) >= 11 is 0. The van der Waals surface area contributed by atoms with Gasteiger partial charge in [-0.15, -0.1) is 0 Å². The minimum Gasteiger partial charge on any atom is -0.326 e. The number of nitrogens with one attached hydrogen (secondary N) is 1. The quantitative estimate of drug-likeness (QED) is 0.769. The van der Waals surface area contributed by atoms with Crippen LogP contribution in [0, 0.1) is 11.3 Å². The van der Waals surface area contributed by atoms with E-state index in [9.17, 15) is 8.42 Å². The maximum Gasteiger partial charge on any atom is 0.242 e. The molecule has 1 aliphatic carbocycles. The highest BCUT2D eigenvalue weighted by Crippen LogP contribution is 2.22. The first-order chi connectivity index (χ1) is 7.54. The second-order valence-electron chi connectivity index (χ2n) is 3.74. The number of benzene rings is 1. The van der Waals surface area contributed by atoms with E-state index in [0.717, 1.165) is 0 Å². The first-order valence-corrected chi connectivity index (χ1v) is 6.30. The van der Waals surface area contributed by atoms with E-state index in [1.165, 1.54) is 12.1 Å². The molecule has 0 spiro atoms. The molecule has 2 rings (SSSR count). The normalized spacial score (nSPS) is 23.8. The van der Waals surface area contributed by atoms with Crippen LogP contribution in [0.25, 0.3) is 0 Å². The van der Waals surface area contributed by atoms with Gasteiger partial charge in [-0.2, -0.15) is 5.26 Å². The van der Waals surface area contributed by atoms with Crippen molar-refractivity contribution in [1.29, 1.82) is 5.26 Å². The fourth-order valence-corrected chi connectivity index (χ4v) is 2.86. The lowest BCUT2D eigenvalue weighted by Crippen LogP contribution is -2.30. The molecule has 2 unspecified atom stereocenters. The van der Waals surface area contributed by atoms with E-state index < -0.39 is 10.0 Å². The molecule has 0 bridgehead atoms. The van der Waals surface area contributed by atoms with Crippen LogP contribution in [0.1, 0.15) is 12.0 Å². The maximum atomic E-state index is 11.9. The molecule has 1 aromatic carbocycles. The Kier molecular flexibility index (Phi) is 2.68. The van der Waals surface area contributed by atoms with Gasteiger partial charge in [0.25, 0.3) is 0 Å². The van der Waals surface area contributed by atoms with Gasteiger partial charge in [-0.05, 0) is 18.6 Å². The van der Waals surface area contributed by atoms with E-state index in [2.05, 4.69) is 4.72 Å². The molecule has 0 amide bonds. The molecule has 6 heteroatoms. The van der Waals surface area contributed by atoms with E-state index in [1.54, 1.807) is 12.1 Å². The second-order valence-corrected chi connectivity index (χ2v) is 5.42. The lowest BCUT2D eigenvalue weighted by molar-refractivity contribution is 0.579. The van der Waals surface area contributed by atoms with Crippen LogP contribution in [0.5, 0.6) is 0 Å². The Balaban J connectivity index is 2.32. The molecular weight excluding hydrogens is 226 g/mol. The molecule has 2 atom stereocenters. The lowest BCUT2D eigenvalue weighted by Gasteiger charge is -2.06. The summed E-state index contributed by atoms with van der Waals surface area (Å²) in [5, 5.41) is 8.82. The van der Waals surface area contributed by atoms with Crippen molar-refractivity contribution in [2.24, 2.45) is 5.73 Å². The predicted octanol–water partition coefficient (Wildman–Crippen LogP) is -0.0638. The molecule has 0 aromatic heterocycles. The third kappa shape index (κ3) is 2.07. The van der Waals surface area contributed by atoms with Crippen molar-refractivity contribution < 1.29 is 8.42 Å².